The molecule has 2 aliphatic rings. The van der Waals surface area contributed by atoms with E-state index < -0.39 is 21.2 Å². The zero-order valence-electron chi connectivity index (χ0n) is 13.7. The molecule has 1 fully saturated rings. The fraction of sp³-hybridized carbons (Fsp3) is 0.316. The highest BCUT2D eigenvalue weighted by Gasteiger charge is 2.30. The highest BCUT2D eigenvalue weighted by Crippen LogP contribution is 2.36. The van der Waals surface area contributed by atoms with Crippen molar-refractivity contribution in [3.63, 3.8) is 0 Å². The molecule has 0 bridgehead atoms. The third-order valence-corrected chi connectivity index (χ3v) is 6.57. The van der Waals surface area contributed by atoms with Crippen molar-refractivity contribution in [1.82, 2.24) is 4.72 Å². The van der Waals surface area contributed by atoms with Gasteiger partial charge >= 0.3 is 0 Å². The molecule has 2 aromatic carbocycles. The molecule has 1 heterocycles. The Morgan fingerprint density at radius 2 is 1.88 bits per heavy atom. The van der Waals surface area contributed by atoms with Gasteiger partial charge in [0, 0.05) is 12.2 Å². The van der Waals surface area contributed by atoms with Crippen LogP contribution in [0.4, 0.5) is 0 Å². The van der Waals surface area contributed by atoms with Crippen LogP contribution in [-0.2, 0) is 21.2 Å². The SMILES string of the molecule is O=C(NS(=O)(=O)C1CCCOC1)c1ccc2c(c1)Cc1ccccc1-2. The second-order valence-electron chi connectivity index (χ2n) is 6.52. The third-order valence-electron chi connectivity index (χ3n) is 4.85. The molecular weight excluding hydrogens is 338 g/mol. The Morgan fingerprint density at radius 3 is 2.68 bits per heavy atom. The molecule has 1 aliphatic carbocycles. The van der Waals surface area contributed by atoms with Crippen molar-refractivity contribution in [3.05, 3.63) is 59.2 Å². The summed E-state index contributed by atoms with van der Waals surface area (Å²) in [7, 11) is -3.72. The fourth-order valence-electron chi connectivity index (χ4n) is 3.51. The maximum Gasteiger partial charge on any atom is 0.264 e. The summed E-state index contributed by atoms with van der Waals surface area (Å²) in [6.07, 6.45) is 1.97. The fourth-order valence-corrected chi connectivity index (χ4v) is 4.81. The first-order chi connectivity index (χ1) is 12.0. The lowest BCUT2D eigenvalue weighted by molar-refractivity contribution is 0.0953. The highest BCUT2D eigenvalue weighted by atomic mass is 32.2. The van der Waals surface area contributed by atoms with Gasteiger partial charge in [0.25, 0.3) is 5.91 Å². The van der Waals surface area contributed by atoms with Crippen LogP contribution in [0.15, 0.2) is 42.5 Å². The molecular formula is C19H19NO4S. The van der Waals surface area contributed by atoms with Crippen molar-refractivity contribution in [2.24, 2.45) is 0 Å². The van der Waals surface area contributed by atoms with Crippen LogP contribution in [0, 0.1) is 0 Å². The zero-order chi connectivity index (χ0) is 17.4. The summed E-state index contributed by atoms with van der Waals surface area (Å²) in [5.41, 5.74) is 4.92. The molecule has 0 radical (unpaired) electrons. The van der Waals surface area contributed by atoms with E-state index in [1.165, 1.54) is 11.1 Å². The second-order valence-corrected chi connectivity index (χ2v) is 8.48. The van der Waals surface area contributed by atoms with Gasteiger partial charge in [-0.05, 0) is 53.6 Å². The number of sulfonamides is 1. The summed E-state index contributed by atoms with van der Waals surface area (Å²) in [6, 6.07) is 13.5. The van der Waals surface area contributed by atoms with Crippen LogP contribution in [-0.4, -0.2) is 32.8 Å². The van der Waals surface area contributed by atoms with Gasteiger partial charge < -0.3 is 4.74 Å². The lowest BCUT2D eigenvalue weighted by Crippen LogP contribution is -2.42. The summed E-state index contributed by atoms with van der Waals surface area (Å²) in [5, 5.41) is -0.663. The number of nitrogens with one attached hydrogen (secondary N) is 1. The number of benzene rings is 2. The first-order valence-corrected chi connectivity index (χ1v) is 9.94. The van der Waals surface area contributed by atoms with E-state index in [1.54, 1.807) is 12.1 Å². The number of hydrogen-bond acceptors (Lipinski definition) is 4. The van der Waals surface area contributed by atoms with E-state index in [0.29, 0.717) is 25.0 Å². The van der Waals surface area contributed by atoms with Crippen molar-refractivity contribution >= 4 is 15.9 Å². The first kappa shape index (κ1) is 16.3. The molecule has 25 heavy (non-hydrogen) atoms. The normalized spacial score (nSPS) is 19.1. The van der Waals surface area contributed by atoms with Crippen LogP contribution in [0.5, 0.6) is 0 Å². The van der Waals surface area contributed by atoms with E-state index in [0.717, 1.165) is 17.5 Å². The maximum absolute atomic E-state index is 12.4. The van der Waals surface area contributed by atoms with Gasteiger partial charge in [-0.25, -0.2) is 13.1 Å². The van der Waals surface area contributed by atoms with E-state index in [4.69, 9.17) is 4.74 Å². The van der Waals surface area contributed by atoms with Gasteiger partial charge in [-0.15, -0.1) is 0 Å². The number of rotatable bonds is 3. The Labute approximate surface area is 147 Å². The Balaban J connectivity index is 1.55. The molecule has 6 heteroatoms. The quantitative estimate of drug-likeness (QED) is 0.782. The summed E-state index contributed by atoms with van der Waals surface area (Å²) in [4.78, 5) is 12.4. The lowest BCUT2D eigenvalue weighted by atomic mass is 10.0. The van der Waals surface area contributed by atoms with E-state index >= 15 is 0 Å². The molecule has 5 nitrogen and oxygen atoms in total. The smallest absolute Gasteiger partial charge is 0.264 e. The molecule has 1 N–H and O–H groups in total. The predicted molar refractivity (Wildman–Crippen MR) is 94.9 cm³/mol. The van der Waals surface area contributed by atoms with Crippen molar-refractivity contribution in [3.8, 4) is 11.1 Å². The minimum absolute atomic E-state index is 0.141. The molecule has 4 rings (SSSR count). The van der Waals surface area contributed by atoms with E-state index in [1.807, 2.05) is 18.2 Å². The monoisotopic (exact) mass is 357 g/mol. The number of fused-ring (bicyclic) bond motifs is 3. The molecule has 0 saturated carbocycles. The van der Waals surface area contributed by atoms with E-state index in [-0.39, 0.29) is 6.61 Å². The van der Waals surface area contributed by atoms with Crippen LogP contribution < -0.4 is 4.72 Å². The third kappa shape index (κ3) is 3.07. The average molecular weight is 357 g/mol. The van der Waals surface area contributed by atoms with Gasteiger partial charge in [0.15, 0.2) is 0 Å². The van der Waals surface area contributed by atoms with Gasteiger partial charge in [0.2, 0.25) is 10.0 Å². The van der Waals surface area contributed by atoms with Gasteiger partial charge in [-0.1, -0.05) is 30.3 Å². The summed E-state index contributed by atoms with van der Waals surface area (Å²) in [6.45, 7) is 0.716. The number of amides is 1. The molecule has 1 atom stereocenters. The molecule has 1 unspecified atom stereocenters. The minimum Gasteiger partial charge on any atom is -0.380 e. The number of ether oxygens (including phenoxy) is 1. The molecule has 1 aliphatic heterocycles. The second kappa shape index (κ2) is 6.28. The maximum atomic E-state index is 12.4. The standard InChI is InChI=1S/C19H19NO4S/c21-19(20-25(22,23)16-5-3-9-24-12-16)14-7-8-18-15(11-14)10-13-4-1-2-6-17(13)18/h1-2,4,6-8,11,16H,3,5,9-10,12H2,(H,20,21). The number of carbonyl (C=O) groups is 1. The van der Waals surface area contributed by atoms with Crippen molar-refractivity contribution in [2.75, 3.05) is 13.2 Å². The molecule has 0 spiro atoms. The number of hydrogen-bond donors (Lipinski definition) is 1. The van der Waals surface area contributed by atoms with Crippen LogP contribution >= 0.6 is 0 Å². The van der Waals surface area contributed by atoms with Crippen LogP contribution in [0.25, 0.3) is 11.1 Å². The van der Waals surface area contributed by atoms with Crippen LogP contribution in [0.3, 0.4) is 0 Å². The summed E-state index contributed by atoms with van der Waals surface area (Å²) in [5.74, 6) is -0.579. The topological polar surface area (TPSA) is 72.5 Å². The van der Waals surface area contributed by atoms with Crippen LogP contribution in [0.1, 0.15) is 34.3 Å². The largest absolute Gasteiger partial charge is 0.380 e. The zero-order valence-corrected chi connectivity index (χ0v) is 14.5. The molecule has 130 valence electrons. The van der Waals surface area contributed by atoms with Gasteiger partial charge in [-0.2, -0.15) is 0 Å². The van der Waals surface area contributed by atoms with Crippen molar-refractivity contribution in [1.29, 1.82) is 0 Å². The molecule has 0 aromatic heterocycles. The van der Waals surface area contributed by atoms with Crippen molar-refractivity contribution in [2.45, 2.75) is 24.5 Å². The van der Waals surface area contributed by atoms with Gasteiger partial charge in [-0.3, -0.25) is 4.79 Å². The summed E-state index contributed by atoms with van der Waals surface area (Å²) < 4.78 is 32.2. The molecule has 1 amide bonds. The Hall–Kier alpha value is -2.18. The number of carbonyl (C=O) groups excluding carboxylic acids is 1. The minimum atomic E-state index is -3.72. The lowest BCUT2D eigenvalue weighted by Gasteiger charge is -2.22. The molecule has 2 aromatic rings. The Kier molecular flexibility index (Phi) is 4.09. The van der Waals surface area contributed by atoms with Gasteiger partial charge in [0.1, 0.15) is 5.25 Å². The van der Waals surface area contributed by atoms with Crippen molar-refractivity contribution < 1.29 is 17.9 Å². The van der Waals surface area contributed by atoms with Crippen LogP contribution in [0.2, 0.25) is 0 Å². The van der Waals surface area contributed by atoms with E-state index in [2.05, 4.69) is 16.9 Å². The average Bonchev–Trinajstić information content (AvgIpc) is 3.00. The van der Waals surface area contributed by atoms with Gasteiger partial charge in [0.05, 0.1) is 6.61 Å². The predicted octanol–water partition coefficient (Wildman–Crippen LogP) is 2.50. The summed E-state index contributed by atoms with van der Waals surface area (Å²) >= 11 is 0. The highest BCUT2D eigenvalue weighted by molar-refractivity contribution is 7.90. The van der Waals surface area contributed by atoms with E-state index in [9.17, 15) is 13.2 Å². The Bertz CT molecular complexity index is 930. The first-order valence-electron chi connectivity index (χ1n) is 8.39. The Morgan fingerprint density at radius 1 is 1.08 bits per heavy atom. The molecule has 1 saturated heterocycles.